The van der Waals surface area contributed by atoms with Crippen LogP contribution in [0.2, 0.25) is 0 Å². The van der Waals surface area contributed by atoms with E-state index in [2.05, 4.69) is 55.3 Å². The van der Waals surface area contributed by atoms with E-state index in [1.54, 1.807) is 0 Å². The molecule has 2 aliphatic rings. The molecule has 4 N–H and O–H groups in total. The highest BCUT2D eigenvalue weighted by Gasteiger charge is 2.23. The van der Waals surface area contributed by atoms with Crippen LogP contribution in [0.15, 0.2) is 0 Å². The third kappa shape index (κ3) is 53.4. The number of carbonyl (C=O) groups excluding carboxylic acids is 1. The highest BCUT2D eigenvalue weighted by atomic mass is 79.9. The number of rotatable bonds is 48. The van der Waals surface area contributed by atoms with E-state index in [9.17, 15) is 9.90 Å². The Kier molecular flexibility index (Phi) is 60.0. The molecule has 2 rings (SSSR count). The van der Waals surface area contributed by atoms with Crippen molar-refractivity contribution in [2.24, 2.45) is 0 Å². The van der Waals surface area contributed by atoms with Crippen molar-refractivity contribution < 1.29 is 37.5 Å². The summed E-state index contributed by atoms with van der Waals surface area (Å²) in [5.41, 5.74) is 0. The first kappa shape index (κ1) is 68.9. The number of hydrogen-bond acceptors (Lipinski definition) is 4. The number of hydrogen-bond donors (Lipinski definition) is 2. The van der Waals surface area contributed by atoms with Crippen molar-refractivity contribution in [1.29, 1.82) is 0 Å². The molecule has 0 radical (unpaired) electrons. The smallest absolute Gasteiger partial charge is 0.142 e. The van der Waals surface area contributed by atoms with Crippen LogP contribution in [0.3, 0.4) is 0 Å². The summed E-state index contributed by atoms with van der Waals surface area (Å²) in [5, 5.41) is 15.3. The number of carbonyl (C=O) groups is 1. The van der Waals surface area contributed by atoms with Gasteiger partial charge in [0.1, 0.15) is 12.3 Å². The summed E-state index contributed by atoms with van der Waals surface area (Å²) in [4.78, 5) is 15.3. The van der Waals surface area contributed by atoms with E-state index in [1.807, 2.05) is 0 Å². The Hall–Kier alpha value is -0.210. The Labute approximate surface area is 432 Å². The molecular formula is C60H125BrN4O2. The molecule has 2 heterocycles. The SMILES string of the molecule is CCCCCCCCCCCCCCCCCC(=O)[O-].CCCCCCCCCCCCCCCCCC1[NH2+]CCN1C.CCCCCCCCCCCCCCCCCC1[NH2+]CCN1C.[Br-]. The molecule has 0 spiro atoms. The van der Waals surface area contributed by atoms with Gasteiger partial charge in [0.25, 0.3) is 0 Å². The normalized spacial score (nSPS) is 16.1. The fourth-order valence-corrected chi connectivity index (χ4v) is 10.4. The molecular weight excluding hydrogens is 889 g/mol. The lowest BCUT2D eigenvalue weighted by molar-refractivity contribution is -0.680. The Morgan fingerprint density at radius 2 is 0.552 bits per heavy atom. The fourth-order valence-electron chi connectivity index (χ4n) is 10.4. The van der Waals surface area contributed by atoms with Gasteiger partial charge in [-0.3, -0.25) is 9.80 Å². The maximum absolute atomic E-state index is 10.2. The zero-order chi connectivity index (χ0) is 48.1. The summed E-state index contributed by atoms with van der Waals surface area (Å²) in [7, 11) is 4.55. The zero-order valence-electron chi connectivity index (χ0n) is 46.7. The predicted octanol–water partition coefficient (Wildman–Crippen LogP) is 12.2. The van der Waals surface area contributed by atoms with Crippen LogP contribution >= 0.6 is 0 Å². The second-order valence-electron chi connectivity index (χ2n) is 21.7. The number of likely N-dealkylation sites (N-methyl/N-ethyl adjacent to an activating group) is 2. The molecule has 2 atom stereocenters. The molecule has 2 fully saturated rings. The van der Waals surface area contributed by atoms with E-state index in [1.165, 1.54) is 315 Å². The van der Waals surface area contributed by atoms with E-state index in [0.29, 0.717) is 0 Å². The molecule has 0 saturated carbocycles. The minimum Gasteiger partial charge on any atom is -1.00 e. The van der Waals surface area contributed by atoms with E-state index in [4.69, 9.17) is 0 Å². The van der Waals surface area contributed by atoms with Gasteiger partial charge in [-0.1, -0.05) is 290 Å². The minimum atomic E-state index is -0.903. The van der Waals surface area contributed by atoms with E-state index >= 15 is 0 Å². The van der Waals surface area contributed by atoms with E-state index in [-0.39, 0.29) is 23.4 Å². The molecule has 2 saturated heterocycles. The Balaban J connectivity index is 0. The molecule has 7 heteroatoms. The topological polar surface area (TPSA) is 79.8 Å². The number of aliphatic carboxylic acids is 1. The van der Waals surface area contributed by atoms with Crippen molar-refractivity contribution in [2.45, 2.75) is 341 Å². The average molecular weight is 1010 g/mol. The van der Waals surface area contributed by atoms with Gasteiger partial charge in [0.05, 0.1) is 26.2 Å². The summed E-state index contributed by atoms with van der Waals surface area (Å²) >= 11 is 0. The van der Waals surface area contributed by atoms with Gasteiger partial charge in [-0.05, 0) is 39.8 Å². The second kappa shape index (κ2) is 58.4. The molecule has 0 aliphatic carbocycles. The number of halogens is 1. The minimum absolute atomic E-state index is 0. The van der Waals surface area contributed by atoms with Crippen molar-refractivity contribution in [3.05, 3.63) is 0 Å². The van der Waals surface area contributed by atoms with E-state index in [0.717, 1.165) is 25.2 Å². The molecule has 2 aliphatic heterocycles. The van der Waals surface area contributed by atoms with Gasteiger partial charge in [-0.15, -0.1) is 0 Å². The van der Waals surface area contributed by atoms with E-state index < -0.39 is 5.97 Å². The Bertz CT molecular complexity index is 876. The third-order valence-corrected chi connectivity index (χ3v) is 15.2. The quantitative estimate of drug-likeness (QED) is 0.0595. The van der Waals surface area contributed by atoms with Crippen LogP contribution in [-0.2, 0) is 4.79 Å². The first-order valence-electron chi connectivity index (χ1n) is 30.7. The van der Waals surface area contributed by atoms with Gasteiger partial charge >= 0.3 is 0 Å². The third-order valence-electron chi connectivity index (χ3n) is 15.2. The van der Waals surface area contributed by atoms with Crippen molar-refractivity contribution in [2.75, 3.05) is 40.3 Å². The number of nitrogens with zero attached hydrogens (tertiary/aromatic N) is 2. The van der Waals surface area contributed by atoms with Gasteiger partial charge in [-0.2, -0.15) is 0 Å². The predicted molar refractivity (Wildman–Crippen MR) is 290 cm³/mol. The maximum atomic E-state index is 10.2. The maximum Gasteiger partial charge on any atom is 0.142 e. The number of unbranched alkanes of at least 4 members (excludes halogenated alkanes) is 42. The summed E-state index contributed by atoms with van der Waals surface area (Å²) in [6, 6.07) is 0. The lowest BCUT2D eigenvalue weighted by Gasteiger charge is -2.14. The molecule has 0 aromatic carbocycles. The number of quaternary nitrogens is 2. The standard InChI is InChI=1S/2C21H44N2.C18H36O2.BrH/c2*1-3-4-5-6-7-8-9-10-11-12-13-14-15-16-17-18-21-22-19-20-23(21)2;1-2-3-4-5-6-7-8-9-10-11-12-13-14-15-16-17-18(19)20;/h2*21-22H,3-20H2,1-2H3;2-17H2,1H3,(H,19,20);1H. The summed E-state index contributed by atoms with van der Waals surface area (Å²) in [6.45, 7) is 12.0. The first-order valence-corrected chi connectivity index (χ1v) is 30.7. The number of carboxylic acid groups (broad SMARTS) is 1. The number of nitrogens with two attached hydrogens (primary N) is 2. The first-order chi connectivity index (χ1) is 32.5. The zero-order valence-corrected chi connectivity index (χ0v) is 48.3. The molecule has 404 valence electrons. The van der Waals surface area contributed by atoms with Crippen LogP contribution in [-0.4, -0.2) is 68.4 Å². The largest absolute Gasteiger partial charge is 1.00 e. The van der Waals surface area contributed by atoms with Crippen LogP contribution in [0.25, 0.3) is 0 Å². The lowest BCUT2D eigenvalue weighted by Crippen LogP contribution is -3.00. The number of carboxylic acids is 1. The van der Waals surface area contributed by atoms with Crippen LogP contribution in [0.4, 0.5) is 0 Å². The van der Waals surface area contributed by atoms with Gasteiger partial charge in [0.2, 0.25) is 0 Å². The molecule has 0 aromatic heterocycles. The Morgan fingerprint density at radius 1 is 0.358 bits per heavy atom. The molecule has 6 nitrogen and oxygen atoms in total. The van der Waals surface area contributed by atoms with Crippen molar-refractivity contribution >= 4 is 5.97 Å². The molecule has 0 bridgehead atoms. The molecule has 67 heavy (non-hydrogen) atoms. The van der Waals surface area contributed by atoms with Crippen LogP contribution in [0.5, 0.6) is 0 Å². The highest BCUT2D eigenvalue weighted by Crippen LogP contribution is 2.17. The highest BCUT2D eigenvalue weighted by molar-refractivity contribution is 5.64. The summed E-state index contributed by atoms with van der Waals surface area (Å²) in [6.07, 6.45) is 68.1. The fraction of sp³-hybridized carbons (Fsp3) is 0.983. The monoisotopic (exact) mass is 1010 g/mol. The van der Waals surface area contributed by atoms with Crippen molar-refractivity contribution in [3.8, 4) is 0 Å². The lowest BCUT2D eigenvalue weighted by atomic mass is 10.0. The molecule has 0 amide bonds. The van der Waals surface area contributed by atoms with Crippen molar-refractivity contribution in [1.82, 2.24) is 9.80 Å². The molecule has 0 aromatic rings. The van der Waals surface area contributed by atoms with Gasteiger partial charge in [0.15, 0.2) is 0 Å². The second-order valence-corrected chi connectivity index (χ2v) is 21.7. The van der Waals surface area contributed by atoms with Crippen molar-refractivity contribution in [3.63, 3.8) is 0 Å². The summed E-state index contributed by atoms with van der Waals surface area (Å²) < 4.78 is 0. The molecule has 2 unspecified atom stereocenters. The Morgan fingerprint density at radius 3 is 0.731 bits per heavy atom. The average Bonchev–Trinajstić information content (AvgIpc) is 3.93. The van der Waals surface area contributed by atoms with Gasteiger partial charge in [0, 0.05) is 18.8 Å². The summed E-state index contributed by atoms with van der Waals surface area (Å²) in [5.74, 6) is -0.903. The van der Waals surface area contributed by atoms with Crippen LogP contribution in [0.1, 0.15) is 329 Å². The van der Waals surface area contributed by atoms with Crippen LogP contribution in [0, 0.1) is 0 Å². The van der Waals surface area contributed by atoms with Gasteiger partial charge in [-0.25, -0.2) is 0 Å². The van der Waals surface area contributed by atoms with Crippen LogP contribution < -0.4 is 32.7 Å². The van der Waals surface area contributed by atoms with Gasteiger partial charge < -0.3 is 37.5 Å².